The van der Waals surface area contributed by atoms with Gasteiger partial charge in [-0.25, -0.2) is 0 Å². The lowest BCUT2D eigenvalue weighted by molar-refractivity contribution is 0.316. The molecule has 0 amide bonds. The molecule has 0 bridgehead atoms. The van der Waals surface area contributed by atoms with Crippen LogP contribution in [-0.2, 0) is 4.74 Å². The Morgan fingerprint density at radius 2 is 2.10 bits per heavy atom. The van der Waals surface area contributed by atoms with Crippen LogP contribution in [0.15, 0.2) is 12.3 Å². The van der Waals surface area contributed by atoms with Gasteiger partial charge in [0.05, 0.1) is 6.26 Å². The van der Waals surface area contributed by atoms with Gasteiger partial charge in [0.25, 0.3) is 0 Å². The monoisotopic (exact) mass is 141 g/mol. The average Bonchev–Trinajstić information content (AvgIpc) is 1.97. The maximum Gasteiger partial charge on any atom is 0.134 e. The molecule has 0 spiro atoms. The molecule has 1 heteroatoms. The minimum Gasteiger partial charge on any atom is -0.495 e. The van der Waals surface area contributed by atoms with Gasteiger partial charge in [0.1, 0.15) is 6.61 Å². The van der Waals surface area contributed by atoms with E-state index in [-0.39, 0.29) is 0 Å². The van der Waals surface area contributed by atoms with E-state index in [4.69, 9.17) is 4.74 Å². The van der Waals surface area contributed by atoms with Crippen molar-refractivity contribution in [2.75, 3.05) is 0 Å². The number of ether oxygens (including phenoxy) is 1. The molecule has 0 aliphatic carbocycles. The van der Waals surface area contributed by atoms with Gasteiger partial charge in [0, 0.05) is 0 Å². The Hall–Kier alpha value is -0.460. The Bertz CT molecular complexity index is 76.8. The molecule has 0 saturated carbocycles. The Labute approximate surface area is 64.1 Å². The average molecular weight is 141 g/mol. The number of unbranched alkanes of at least 4 members (excludes halogenated alkanes) is 2. The van der Waals surface area contributed by atoms with Crippen molar-refractivity contribution in [3.05, 3.63) is 18.9 Å². The van der Waals surface area contributed by atoms with Crippen LogP contribution in [0.4, 0.5) is 0 Å². The number of allylic oxidation sites excluding steroid dienone is 1. The van der Waals surface area contributed by atoms with E-state index in [2.05, 4.69) is 13.8 Å². The Balaban J connectivity index is 2.83. The zero-order valence-corrected chi connectivity index (χ0v) is 6.97. The molecule has 0 unspecified atom stereocenters. The summed E-state index contributed by atoms with van der Waals surface area (Å²) in [6, 6.07) is 0. The molecule has 0 aromatic rings. The molecule has 0 saturated heterocycles. The highest BCUT2D eigenvalue weighted by Gasteiger charge is 1.83. The van der Waals surface area contributed by atoms with Crippen LogP contribution in [0.25, 0.3) is 0 Å². The van der Waals surface area contributed by atoms with Gasteiger partial charge >= 0.3 is 0 Å². The summed E-state index contributed by atoms with van der Waals surface area (Å²) in [5.74, 6) is 0. The zero-order chi connectivity index (χ0) is 7.66. The molecule has 0 N–H and O–H groups in total. The van der Waals surface area contributed by atoms with Gasteiger partial charge in [0.2, 0.25) is 0 Å². The second kappa shape index (κ2) is 8.54. The molecule has 0 aliphatic heterocycles. The first-order valence-electron chi connectivity index (χ1n) is 4.04. The van der Waals surface area contributed by atoms with Crippen molar-refractivity contribution in [1.29, 1.82) is 0 Å². The van der Waals surface area contributed by atoms with E-state index in [1.807, 2.05) is 12.7 Å². The summed E-state index contributed by atoms with van der Waals surface area (Å²) in [5.41, 5.74) is 0. The summed E-state index contributed by atoms with van der Waals surface area (Å²) in [7, 11) is 0. The third kappa shape index (κ3) is 7.54. The Morgan fingerprint density at radius 1 is 1.30 bits per heavy atom. The van der Waals surface area contributed by atoms with Crippen molar-refractivity contribution in [3.63, 3.8) is 0 Å². The molecule has 0 atom stereocenters. The van der Waals surface area contributed by atoms with Crippen LogP contribution in [0.5, 0.6) is 0 Å². The van der Waals surface area contributed by atoms with Crippen molar-refractivity contribution in [2.24, 2.45) is 0 Å². The molecule has 0 aliphatic rings. The second-order valence-corrected chi connectivity index (χ2v) is 2.23. The Kier molecular flexibility index (Phi) is 8.15. The van der Waals surface area contributed by atoms with Crippen LogP contribution in [0.2, 0.25) is 0 Å². The molecule has 0 aromatic heterocycles. The van der Waals surface area contributed by atoms with Crippen molar-refractivity contribution in [3.8, 4) is 0 Å². The highest BCUT2D eigenvalue weighted by molar-refractivity contribution is 4.72. The normalized spacial score (nSPS) is 10.6. The van der Waals surface area contributed by atoms with E-state index in [1.165, 1.54) is 12.8 Å². The van der Waals surface area contributed by atoms with Crippen molar-refractivity contribution >= 4 is 0 Å². The summed E-state index contributed by atoms with van der Waals surface area (Å²) in [6.07, 6.45) is 8.31. The van der Waals surface area contributed by atoms with Crippen LogP contribution in [0.1, 0.15) is 39.5 Å². The van der Waals surface area contributed by atoms with Gasteiger partial charge in [0.15, 0.2) is 0 Å². The minimum absolute atomic E-state index is 1.04. The van der Waals surface area contributed by atoms with Gasteiger partial charge in [-0.3, -0.25) is 0 Å². The number of hydrogen-bond donors (Lipinski definition) is 0. The third-order valence-electron chi connectivity index (χ3n) is 1.18. The first-order chi connectivity index (χ1) is 4.91. The van der Waals surface area contributed by atoms with Crippen LogP contribution in [-0.4, -0.2) is 0 Å². The fourth-order valence-electron chi connectivity index (χ4n) is 0.563. The number of hydrogen-bond acceptors (Lipinski definition) is 1. The van der Waals surface area contributed by atoms with Crippen molar-refractivity contribution in [1.82, 2.24) is 0 Å². The van der Waals surface area contributed by atoms with Crippen LogP contribution >= 0.6 is 0 Å². The van der Waals surface area contributed by atoms with E-state index in [0.29, 0.717) is 0 Å². The predicted octanol–water partition coefficient (Wildman–Crippen LogP) is 3.28. The molecule has 1 radical (unpaired) electrons. The van der Waals surface area contributed by atoms with E-state index in [0.717, 1.165) is 12.8 Å². The van der Waals surface area contributed by atoms with Gasteiger partial charge in [-0.15, -0.1) is 0 Å². The first-order valence-corrected chi connectivity index (χ1v) is 4.04. The molecular weight excluding hydrogens is 124 g/mol. The first kappa shape index (κ1) is 9.54. The predicted molar refractivity (Wildman–Crippen MR) is 44.3 cm³/mol. The molecule has 59 valence electrons. The molecule has 0 fully saturated rings. The van der Waals surface area contributed by atoms with E-state index < -0.39 is 0 Å². The second-order valence-electron chi connectivity index (χ2n) is 2.23. The third-order valence-corrected chi connectivity index (χ3v) is 1.18. The minimum atomic E-state index is 1.04. The standard InChI is InChI=1S/C9H17O/c1-3-5-7-9-10-8-6-4-2/h6,8-9H,3-5,7H2,1-2H3/b8-6+. The van der Waals surface area contributed by atoms with Gasteiger partial charge in [-0.2, -0.15) is 0 Å². The molecular formula is C9H17O. The molecule has 0 aromatic carbocycles. The zero-order valence-electron chi connectivity index (χ0n) is 6.97. The summed E-state index contributed by atoms with van der Waals surface area (Å²) in [5, 5.41) is 0. The Morgan fingerprint density at radius 3 is 2.70 bits per heavy atom. The maximum absolute atomic E-state index is 5.07. The molecule has 10 heavy (non-hydrogen) atoms. The van der Waals surface area contributed by atoms with Gasteiger partial charge in [-0.1, -0.05) is 26.3 Å². The fraction of sp³-hybridized carbons (Fsp3) is 0.667. The van der Waals surface area contributed by atoms with Crippen molar-refractivity contribution in [2.45, 2.75) is 39.5 Å². The van der Waals surface area contributed by atoms with Crippen molar-refractivity contribution < 1.29 is 4.74 Å². The summed E-state index contributed by atoms with van der Waals surface area (Å²) < 4.78 is 5.07. The lowest BCUT2D eigenvalue weighted by Gasteiger charge is -1.96. The highest BCUT2D eigenvalue weighted by Crippen LogP contribution is 1.98. The molecule has 1 nitrogen and oxygen atoms in total. The molecule has 0 heterocycles. The fourth-order valence-corrected chi connectivity index (χ4v) is 0.563. The van der Waals surface area contributed by atoms with Crippen LogP contribution in [0, 0.1) is 6.61 Å². The van der Waals surface area contributed by atoms with E-state index >= 15 is 0 Å². The lowest BCUT2D eigenvalue weighted by Crippen LogP contribution is -1.78. The topological polar surface area (TPSA) is 9.23 Å². The SMILES string of the molecule is CC/C=C/O[CH]CCCC. The van der Waals surface area contributed by atoms with Crippen LogP contribution < -0.4 is 0 Å². The lowest BCUT2D eigenvalue weighted by atomic mass is 10.3. The summed E-state index contributed by atoms with van der Waals surface area (Å²) >= 11 is 0. The highest BCUT2D eigenvalue weighted by atomic mass is 16.5. The van der Waals surface area contributed by atoms with E-state index in [1.54, 1.807) is 6.26 Å². The van der Waals surface area contributed by atoms with Crippen LogP contribution in [0.3, 0.4) is 0 Å². The maximum atomic E-state index is 5.07. The number of rotatable bonds is 6. The van der Waals surface area contributed by atoms with Gasteiger partial charge in [-0.05, 0) is 19.3 Å². The summed E-state index contributed by atoms with van der Waals surface area (Å²) in [6.45, 7) is 6.12. The quantitative estimate of drug-likeness (QED) is 0.407. The molecule has 0 rings (SSSR count). The van der Waals surface area contributed by atoms with Gasteiger partial charge < -0.3 is 4.74 Å². The smallest absolute Gasteiger partial charge is 0.134 e. The largest absolute Gasteiger partial charge is 0.495 e. The summed E-state index contributed by atoms with van der Waals surface area (Å²) in [4.78, 5) is 0. The van der Waals surface area contributed by atoms with E-state index in [9.17, 15) is 0 Å².